The fourth-order valence-corrected chi connectivity index (χ4v) is 4.42. The molecular weight excluding hydrogens is 538 g/mol. The van der Waals surface area contributed by atoms with Crippen LogP contribution >= 0.6 is 23.4 Å². The van der Waals surface area contributed by atoms with Crippen LogP contribution in [0.2, 0.25) is 5.02 Å². The van der Waals surface area contributed by atoms with Gasteiger partial charge in [-0.05, 0) is 36.1 Å². The number of benzene rings is 1. The van der Waals surface area contributed by atoms with Crippen molar-refractivity contribution in [2.75, 3.05) is 35.5 Å². The monoisotopic (exact) mass is 559 g/mol. The first-order chi connectivity index (χ1) is 17.9. The number of hydrogen-bond donors (Lipinski definition) is 1. The Hall–Kier alpha value is -3.68. The molecule has 3 aromatic heterocycles. The summed E-state index contributed by atoms with van der Waals surface area (Å²) in [5.74, 6) is 0.182. The first-order valence-electron chi connectivity index (χ1n) is 10.8. The number of hydrogen-bond acceptors (Lipinski definition) is 10. The third kappa shape index (κ3) is 6.76. The molecule has 0 aliphatic heterocycles. The van der Waals surface area contributed by atoms with E-state index in [9.17, 15) is 8.42 Å². The van der Waals surface area contributed by atoms with Crippen molar-refractivity contribution in [1.29, 1.82) is 0 Å². The van der Waals surface area contributed by atoms with Crippen molar-refractivity contribution in [1.82, 2.24) is 24.9 Å². The van der Waals surface area contributed by atoms with Gasteiger partial charge >= 0.3 is 16.2 Å². The van der Waals surface area contributed by atoms with E-state index in [4.69, 9.17) is 21.1 Å². The van der Waals surface area contributed by atoms with Crippen LogP contribution in [-0.2, 0) is 10.2 Å². The highest BCUT2D eigenvalue weighted by Crippen LogP contribution is 2.35. The molecule has 0 aliphatic carbocycles. The third-order valence-electron chi connectivity index (χ3n) is 4.93. The second kappa shape index (κ2) is 12.0. The van der Waals surface area contributed by atoms with Crippen LogP contribution in [-0.4, -0.2) is 59.9 Å². The first-order valence-corrected chi connectivity index (χ1v) is 13.8. The van der Waals surface area contributed by atoms with Crippen molar-refractivity contribution in [2.24, 2.45) is 0 Å². The molecular formula is C23H22ClN7O4S2. The number of thioether (sulfide) groups is 1. The Labute approximate surface area is 223 Å². The topological polar surface area (TPSA) is 132 Å². The summed E-state index contributed by atoms with van der Waals surface area (Å²) >= 11 is 7.58. The van der Waals surface area contributed by atoms with Crippen molar-refractivity contribution in [2.45, 2.75) is 4.90 Å². The maximum Gasteiger partial charge on any atom is 0.324 e. The van der Waals surface area contributed by atoms with E-state index in [0.29, 0.717) is 21.8 Å². The minimum atomic E-state index is -4.06. The van der Waals surface area contributed by atoms with Gasteiger partial charge in [0.2, 0.25) is 5.88 Å². The van der Waals surface area contributed by atoms with Crippen molar-refractivity contribution in [3.63, 3.8) is 0 Å². The molecule has 3 heterocycles. The van der Waals surface area contributed by atoms with E-state index in [1.807, 2.05) is 6.26 Å². The molecule has 37 heavy (non-hydrogen) atoms. The zero-order valence-corrected chi connectivity index (χ0v) is 22.2. The van der Waals surface area contributed by atoms with Crippen LogP contribution in [0.1, 0.15) is 0 Å². The smallest absolute Gasteiger partial charge is 0.324 e. The Kier molecular flexibility index (Phi) is 8.58. The number of rotatable bonds is 11. The van der Waals surface area contributed by atoms with Gasteiger partial charge in [-0.1, -0.05) is 23.7 Å². The van der Waals surface area contributed by atoms with Crippen molar-refractivity contribution >= 4 is 45.1 Å². The molecule has 0 bridgehead atoms. The lowest BCUT2D eigenvalue weighted by Gasteiger charge is -2.21. The number of anilines is 2. The van der Waals surface area contributed by atoms with Gasteiger partial charge in [-0.15, -0.1) is 11.8 Å². The zero-order valence-electron chi connectivity index (χ0n) is 19.8. The standard InChI is InChI=1S/C23H22ClN7O4S2/c1-31(18-4-3-9-25-12-18)37(32,33)30-21-20(16-5-7-17(24)8-6-16)22(29-15-28-21)34-10-11-35-23-26-13-19(36-2)14-27-23/h3-9,12-15H,10-11H2,1-2H3,(H,28,29,30). The minimum absolute atomic E-state index is 0.0277. The predicted octanol–water partition coefficient (Wildman–Crippen LogP) is 3.95. The summed E-state index contributed by atoms with van der Waals surface area (Å²) in [7, 11) is -2.65. The Morgan fingerprint density at radius 1 is 1.00 bits per heavy atom. The predicted molar refractivity (Wildman–Crippen MR) is 142 cm³/mol. The van der Waals surface area contributed by atoms with E-state index in [1.54, 1.807) is 55.0 Å². The Morgan fingerprint density at radius 3 is 2.41 bits per heavy atom. The summed E-state index contributed by atoms with van der Waals surface area (Å²) in [6, 6.07) is 10.3. The molecule has 4 rings (SSSR count). The molecule has 1 aromatic carbocycles. The highest BCUT2D eigenvalue weighted by atomic mass is 35.5. The molecule has 14 heteroatoms. The zero-order chi connectivity index (χ0) is 26.3. The van der Waals surface area contributed by atoms with E-state index >= 15 is 0 Å². The molecule has 0 saturated carbocycles. The number of ether oxygens (including phenoxy) is 2. The van der Waals surface area contributed by atoms with Crippen LogP contribution in [0.25, 0.3) is 11.1 Å². The molecule has 0 amide bonds. The van der Waals surface area contributed by atoms with Gasteiger partial charge in [-0.3, -0.25) is 9.29 Å². The third-order valence-corrected chi connectivity index (χ3v) is 7.25. The number of pyridine rings is 1. The maximum atomic E-state index is 13.1. The first kappa shape index (κ1) is 26.4. The second-order valence-corrected chi connectivity index (χ2v) is 10.3. The van der Waals surface area contributed by atoms with Crippen LogP contribution in [0, 0.1) is 0 Å². The quantitative estimate of drug-likeness (QED) is 0.213. The summed E-state index contributed by atoms with van der Waals surface area (Å²) in [4.78, 5) is 21.6. The van der Waals surface area contributed by atoms with Crippen molar-refractivity contribution in [3.8, 4) is 23.0 Å². The number of nitrogens with one attached hydrogen (secondary N) is 1. The molecule has 1 N–H and O–H groups in total. The summed E-state index contributed by atoms with van der Waals surface area (Å²) in [6.45, 7) is 0.223. The molecule has 0 spiro atoms. The highest BCUT2D eigenvalue weighted by molar-refractivity contribution is 7.98. The Balaban J connectivity index is 1.56. The number of aromatic nitrogens is 5. The molecule has 0 radical (unpaired) electrons. The largest absolute Gasteiger partial charge is 0.473 e. The molecule has 0 atom stereocenters. The van der Waals surface area contributed by atoms with Crippen LogP contribution in [0.15, 0.2) is 72.4 Å². The number of nitrogens with zero attached hydrogens (tertiary/aromatic N) is 6. The SMILES string of the molecule is CSc1cnc(OCCOc2ncnc(NS(=O)(=O)N(C)c3cccnc3)c2-c2ccc(Cl)cc2)nc1. The van der Waals surface area contributed by atoms with Gasteiger partial charge in [0, 0.05) is 35.6 Å². The average Bonchev–Trinajstić information content (AvgIpc) is 2.92. The van der Waals surface area contributed by atoms with Crippen LogP contribution in [0.3, 0.4) is 0 Å². The molecule has 0 unspecified atom stereocenters. The Bertz CT molecular complexity index is 1430. The number of halogens is 1. The van der Waals surface area contributed by atoms with E-state index in [0.717, 1.165) is 9.20 Å². The molecule has 192 valence electrons. The molecule has 11 nitrogen and oxygen atoms in total. The van der Waals surface area contributed by atoms with Gasteiger partial charge < -0.3 is 9.47 Å². The van der Waals surface area contributed by atoms with Crippen LogP contribution in [0.5, 0.6) is 11.9 Å². The lowest BCUT2D eigenvalue weighted by Crippen LogP contribution is -2.33. The molecule has 4 aromatic rings. The summed E-state index contributed by atoms with van der Waals surface area (Å²) in [6.07, 6.45) is 9.46. The van der Waals surface area contributed by atoms with Crippen LogP contribution < -0.4 is 18.5 Å². The van der Waals surface area contributed by atoms with Gasteiger partial charge in [-0.2, -0.15) is 8.42 Å². The van der Waals surface area contributed by atoms with Crippen molar-refractivity contribution < 1.29 is 17.9 Å². The summed E-state index contributed by atoms with van der Waals surface area (Å²) < 4.78 is 41.3. The average molecular weight is 560 g/mol. The van der Waals surface area contributed by atoms with E-state index in [1.165, 1.54) is 31.3 Å². The lowest BCUT2D eigenvalue weighted by atomic mass is 10.1. The van der Waals surface area contributed by atoms with Gasteiger partial charge in [0.25, 0.3) is 0 Å². The lowest BCUT2D eigenvalue weighted by molar-refractivity contribution is 0.201. The van der Waals surface area contributed by atoms with Crippen LogP contribution in [0.4, 0.5) is 11.5 Å². The Morgan fingerprint density at radius 2 is 1.73 bits per heavy atom. The maximum absolute atomic E-state index is 13.1. The van der Waals surface area contributed by atoms with Crippen molar-refractivity contribution in [3.05, 3.63) is 72.5 Å². The highest BCUT2D eigenvalue weighted by Gasteiger charge is 2.24. The minimum Gasteiger partial charge on any atom is -0.473 e. The van der Waals surface area contributed by atoms with E-state index in [-0.39, 0.29) is 30.9 Å². The molecule has 0 saturated heterocycles. The van der Waals surface area contributed by atoms with Gasteiger partial charge in [0.1, 0.15) is 19.5 Å². The normalized spacial score (nSPS) is 11.1. The van der Waals surface area contributed by atoms with E-state index < -0.39 is 10.2 Å². The molecule has 0 aliphatic rings. The van der Waals surface area contributed by atoms with Gasteiger partial charge in [-0.25, -0.2) is 24.7 Å². The van der Waals surface area contributed by atoms with Gasteiger partial charge in [0.15, 0.2) is 5.82 Å². The van der Waals surface area contributed by atoms with Gasteiger partial charge in [0.05, 0.1) is 17.4 Å². The fourth-order valence-electron chi connectivity index (χ4n) is 3.06. The fraction of sp³-hybridized carbons (Fsp3) is 0.174. The molecule has 0 fully saturated rings. The van der Waals surface area contributed by atoms with E-state index in [2.05, 4.69) is 29.6 Å². The second-order valence-electron chi connectivity index (χ2n) is 7.30. The summed E-state index contributed by atoms with van der Waals surface area (Å²) in [5, 5.41) is 0.516. The summed E-state index contributed by atoms with van der Waals surface area (Å²) in [5.41, 5.74) is 1.31.